The highest BCUT2D eigenvalue weighted by Crippen LogP contribution is 2.48. The number of hydrogen-bond acceptors (Lipinski definition) is 9. The first-order valence-corrected chi connectivity index (χ1v) is 10.4. The van der Waals surface area contributed by atoms with Crippen molar-refractivity contribution in [2.24, 2.45) is 5.92 Å². The molecule has 2 aliphatic heterocycles. The summed E-state index contributed by atoms with van der Waals surface area (Å²) in [6.07, 6.45) is -1.23. The van der Waals surface area contributed by atoms with E-state index in [-0.39, 0.29) is 28.5 Å². The third-order valence-corrected chi connectivity index (χ3v) is 5.96. The summed E-state index contributed by atoms with van der Waals surface area (Å²) in [5.74, 6) is -2.26. The fourth-order valence-electron chi connectivity index (χ4n) is 4.37. The lowest BCUT2D eigenvalue weighted by atomic mass is 9.90. The van der Waals surface area contributed by atoms with Gasteiger partial charge in [0.2, 0.25) is 5.91 Å². The molecule has 35 heavy (non-hydrogen) atoms. The summed E-state index contributed by atoms with van der Waals surface area (Å²) in [6.45, 7) is 0. The number of hydroxylamine groups is 1. The van der Waals surface area contributed by atoms with Crippen LogP contribution in [0.15, 0.2) is 72.8 Å². The zero-order valence-electron chi connectivity index (χ0n) is 17.8. The minimum atomic E-state index is -1.23. The lowest BCUT2D eigenvalue weighted by Gasteiger charge is -2.28. The van der Waals surface area contributed by atoms with E-state index in [9.17, 15) is 34.9 Å². The minimum absolute atomic E-state index is 0.00699. The Hall–Kier alpha value is -4.84. The summed E-state index contributed by atoms with van der Waals surface area (Å²) in [6, 6.07) is 15.7. The van der Waals surface area contributed by atoms with E-state index in [1.165, 1.54) is 59.7 Å². The van der Waals surface area contributed by atoms with E-state index in [0.29, 0.717) is 5.56 Å². The average molecular weight is 476 g/mol. The second-order valence-electron chi connectivity index (χ2n) is 7.98. The molecule has 0 spiro atoms. The van der Waals surface area contributed by atoms with Crippen LogP contribution in [0.3, 0.4) is 0 Å². The maximum atomic E-state index is 13.5. The number of fused-ring (bicyclic) bond motifs is 1. The quantitative estimate of drug-likeness (QED) is 0.332. The van der Waals surface area contributed by atoms with Gasteiger partial charge in [0.25, 0.3) is 17.3 Å². The smallest absolute Gasteiger partial charge is 0.271 e. The van der Waals surface area contributed by atoms with E-state index in [2.05, 4.69) is 0 Å². The first-order chi connectivity index (χ1) is 16.8. The normalized spacial score (nSPS) is 21.3. The van der Waals surface area contributed by atoms with E-state index >= 15 is 0 Å². The van der Waals surface area contributed by atoms with E-state index in [1.54, 1.807) is 18.2 Å². The fourth-order valence-corrected chi connectivity index (χ4v) is 4.37. The summed E-state index contributed by atoms with van der Waals surface area (Å²) < 4.78 is 0. The van der Waals surface area contributed by atoms with Crippen LogP contribution in [0.25, 0.3) is 0 Å². The van der Waals surface area contributed by atoms with Crippen molar-refractivity contribution in [3.8, 4) is 5.75 Å². The van der Waals surface area contributed by atoms with Gasteiger partial charge < -0.3 is 5.11 Å². The number of carbonyl (C=O) groups excluding carboxylic acids is 2. The van der Waals surface area contributed by atoms with E-state index in [1.807, 2.05) is 0 Å². The maximum Gasteiger partial charge on any atom is 0.271 e. The molecule has 0 aromatic heterocycles. The highest BCUT2D eigenvalue weighted by atomic mass is 16.7. The Morgan fingerprint density at radius 1 is 0.800 bits per heavy atom. The predicted molar refractivity (Wildman–Crippen MR) is 120 cm³/mol. The molecule has 2 amide bonds. The van der Waals surface area contributed by atoms with E-state index < -0.39 is 39.7 Å². The van der Waals surface area contributed by atoms with Crippen molar-refractivity contribution in [2.75, 3.05) is 9.96 Å². The Morgan fingerprint density at radius 2 is 1.46 bits per heavy atom. The zero-order valence-corrected chi connectivity index (χ0v) is 17.8. The van der Waals surface area contributed by atoms with Crippen LogP contribution in [0.2, 0.25) is 0 Å². The standard InChI is InChI=1S/C23H16N4O8/c28-18-10-4-13(5-11-18)20-19-21(35-25(20)16-2-1-3-17(12-16)27(33)34)23(30)24(22(19)29)14-6-8-15(9-7-14)26(31)32/h1-12,19-21,28H/t19-,20-,21-/m1/s1. The maximum absolute atomic E-state index is 13.5. The van der Waals surface area contributed by atoms with Crippen LogP contribution in [-0.4, -0.2) is 32.9 Å². The van der Waals surface area contributed by atoms with Crippen molar-refractivity contribution >= 4 is 34.6 Å². The lowest BCUT2D eigenvalue weighted by molar-refractivity contribution is -0.385. The number of nitrogens with zero attached hydrogens (tertiary/aromatic N) is 4. The molecular formula is C23H16N4O8. The summed E-state index contributed by atoms with van der Waals surface area (Å²) in [5.41, 5.74) is 0.582. The third kappa shape index (κ3) is 3.61. The van der Waals surface area contributed by atoms with Crippen molar-refractivity contribution in [1.82, 2.24) is 0 Å². The van der Waals surface area contributed by atoms with Crippen LogP contribution in [0.5, 0.6) is 5.75 Å². The SMILES string of the molecule is O=C1[C@@H]2[C@@H](c3ccc(O)cc3)N(c3cccc([N+](=O)[O-])c3)O[C@H]2C(=O)N1c1ccc([N+](=O)[O-])cc1. The molecule has 12 nitrogen and oxygen atoms in total. The van der Waals surface area contributed by atoms with Gasteiger partial charge in [-0.25, -0.2) is 9.96 Å². The molecule has 0 saturated carbocycles. The largest absolute Gasteiger partial charge is 0.508 e. The molecule has 0 aliphatic carbocycles. The number of hydrogen-bond donors (Lipinski definition) is 1. The molecule has 2 aliphatic rings. The highest BCUT2D eigenvalue weighted by molar-refractivity contribution is 6.24. The van der Waals surface area contributed by atoms with Gasteiger partial charge in [-0.15, -0.1) is 0 Å². The number of amides is 2. The molecule has 3 aromatic rings. The Morgan fingerprint density at radius 3 is 2.09 bits per heavy atom. The van der Waals surface area contributed by atoms with Crippen molar-refractivity contribution in [1.29, 1.82) is 0 Å². The summed E-state index contributed by atoms with van der Waals surface area (Å²) >= 11 is 0. The second kappa shape index (κ2) is 8.18. The van der Waals surface area contributed by atoms with E-state index in [0.717, 1.165) is 4.90 Å². The number of phenolic OH excluding ortho intramolecular Hbond substituents is 1. The predicted octanol–water partition coefficient (Wildman–Crippen LogP) is 3.26. The van der Waals surface area contributed by atoms with Gasteiger partial charge in [-0.3, -0.25) is 34.7 Å². The molecule has 176 valence electrons. The Kier molecular flexibility index (Phi) is 5.14. The van der Waals surface area contributed by atoms with Gasteiger partial charge in [-0.1, -0.05) is 18.2 Å². The third-order valence-electron chi connectivity index (χ3n) is 5.96. The molecule has 2 fully saturated rings. The van der Waals surface area contributed by atoms with Crippen LogP contribution < -0.4 is 9.96 Å². The fraction of sp³-hybridized carbons (Fsp3) is 0.130. The Balaban J connectivity index is 1.56. The average Bonchev–Trinajstić information content (AvgIpc) is 3.35. The molecular weight excluding hydrogens is 460 g/mol. The van der Waals surface area contributed by atoms with Crippen molar-refractivity contribution in [2.45, 2.75) is 12.1 Å². The molecule has 12 heteroatoms. The number of nitro groups is 2. The molecule has 0 radical (unpaired) electrons. The number of benzene rings is 3. The highest BCUT2D eigenvalue weighted by Gasteiger charge is 2.60. The van der Waals surface area contributed by atoms with Gasteiger partial charge in [0.1, 0.15) is 11.7 Å². The monoisotopic (exact) mass is 476 g/mol. The molecule has 5 rings (SSSR count). The van der Waals surface area contributed by atoms with Gasteiger partial charge >= 0.3 is 0 Å². The molecule has 0 bridgehead atoms. The van der Waals surface area contributed by atoms with Gasteiger partial charge in [0.05, 0.1) is 27.3 Å². The number of non-ortho nitro benzene ring substituents is 2. The number of rotatable bonds is 5. The van der Waals surface area contributed by atoms with Gasteiger partial charge in [0.15, 0.2) is 6.10 Å². The van der Waals surface area contributed by atoms with Crippen molar-refractivity contribution in [3.63, 3.8) is 0 Å². The number of phenols is 1. The van der Waals surface area contributed by atoms with Crippen molar-refractivity contribution < 1.29 is 29.4 Å². The first kappa shape index (κ1) is 22.0. The lowest BCUT2D eigenvalue weighted by Crippen LogP contribution is -2.37. The number of carbonyl (C=O) groups is 2. The van der Waals surface area contributed by atoms with Crippen LogP contribution in [0, 0.1) is 26.1 Å². The zero-order chi connectivity index (χ0) is 24.9. The molecule has 0 unspecified atom stereocenters. The molecule has 1 N–H and O–H groups in total. The first-order valence-electron chi connectivity index (χ1n) is 10.4. The minimum Gasteiger partial charge on any atom is -0.508 e. The topological polar surface area (TPSA) is 156 Å². The summed E-state index contributed by atoms with van der Waals surface area (Å²) in [5, 5.41) is 33.3. The van der Waals surface area contributed by atoms with Gasteiger partial charge in [-0.2, -0.15) is 0 Å². The van der Waals surface area contributed by atoms with Crippen LogP contribution in [0.1, 0.15) is 11.6 Å². The molecule has 3 aromatic carbocycles. The number of imide groups is 1. The number of anilines is 2. The van der Waals surface area contributed by atoms with Crippen LogP contribution in [0.4, 0.5) is 22.7 Å². The molecule has 3 atom stereocenters. The van der Waals surface area contributed by atoms with Gasteiger partial charge in [0, 0.05) is 24.3 Å². The summed E-state index contributed by atoms with van der Waals surface area (Å²) in [4.78, 5) is 54.7. The molecule has 2 saturated heterocycles. The van der Waals surface area contributed by atoms with Crippen LogP contribution >= 0.6 is 0 Å². The Bertz CT molecular complexity index is 1360. The summed E-state index contributed by atoms with van der Waals surface area (Å²) in [7, 11) is 0. The molecule has 2 heterocycles. The van der Waals surface area contributed by atoms with Gasteiger partial charge in [-0.05, 0) is 35.9 Å². The van der Waals surface area contributed by atoms with Crippen LogP contribution in [-0.2, 0) is 14.4 Å². The number of aromatic hydroxyl groups is 1. The van der Waals surface area contributed by atoms with E-state index in [4.69, 9.17) is 4.84 Å². The second-order valence-corrected chi connectivity index (χ2v) is 7.98. The number of nitro benzene ring substituents is 2. The van der Waals surface area contributed by atoms with Crippen molar-refractivity contribution in [3.05, 3.63) is 98.6 Å². The Labute approximate surface area is 196 Å².